The Bertz CT molecular complexity index is 1270. The summed E-state index contributed by atoms with van der Waals surface area (Å²) in [4.78, 5) is 15.5. The summed E-state index contributed by atoms with van der Waals surface area (Å²) >= 11 is 0. The number of piperidine rings is 1. The van der Waals surface area contributed by atoms with E-state index in [2.05, 4.69) is 14.9 Å². The van der Waals surface area contributed by atoms with Crippen LogP contribution in [0, 0.1) is 5.41 Å². The molecule has 1 heterocycles. The molecule has 33 heavy (non-hydrogen) atoms. The average molecular weight is 492 g/mol. The fourth-order valence-corrected chi connectivity index (χ4v) is 5.50. The molecule has 1 saturated carbocycles. The Kier molecular flexibility index (Phi) is 6.17. The number of anilines is 3. The predicted octanol–water partition coefficient (Wildman–Crippen LogP) is 3.48. The molecule has 1 saturated heterocycles. The van der Waals surface area contributed by atoms with Gasteiger partial charge in [-0.2, -0.15) is 0 Å². The predicted molar refractivity (Wildman–Crippen MR) is 130 cm³/mol. The molecule has 0 atom stereocenters. The van der Waals surface area contributed by atoms with Crippen molar-refractivity contribution >= 4 is 42.8 Å². The van der Waals surface area contributed by atoms with Crippen LogP contribution in [0.25, 0.3) is 0 Å². The molecular formula is C23H29N3O5S2. The van der Waals surface area contributed by atoms with Gasteiger partial charge < -0.3 is 10.2 Å². The third-order valence-electron chi connectivity index (χ3n) is 6.54. The second-order valence-corrected chi connectivity index (χ2v) is 13.0. The summed E-state index contributed by atoms with van der Waals surface area (Å²) in [5, 5.41) is 2.79. The summed E-state index contributed by atoms with van der Waals surface area (Å²) in [7, 11) is -6.86. The lowest BCUT2D eigenvalue weighted by Gasteiger charge is -2.35. The molecule has 2 aromatic rings. The van der Waals surface area contributed by atoms with Crippen molar-refractivity contribution in [1.29, 1.82) is 0 Å². The first-order chi connectivity index (χ1) is 15.5. The van der Waals surface area contributed by atoms with E-state index in [0.717, 1.165) is 32.2 Å². The largest absolute Gasteiger partial charge is 0.371 e. The Hall–Kier alpha value is -2.59. The molecule has 0 radical (unpaired) electrons. The molecule has 1 aliphatic carbocycles. The summed E-state index contributed by atoms with van der Waals surface area (Å²) in [5.41, 5.74) is 2.31. The van der Waals surface area contributed by atoms with Crippen molar-refractivity contribution in [2.45, 2.75) is 37.5 Å². The number of benzene rings is 2. The number of carbonyl (C=O) groups is 1. The first-order valence-corrected chi connectivity index (χ1v) is 14.6. The van der Waals surface area contributed by atoms with Gasteiger partial charge in [-0.3, -0.25) is 9.52 Å². The summed E-state index contributed by atoms with van der Waals surface area (Å²) in [6.45, 7) is 3.16. The zero-order valence-corrected chi connectivity index (χ0v) is 20.4. The van der Waals surface area contributed by atoms with E-state index in [0.29, 0.717) is 28.0 Å². The number of sulfone groups is 1. The molecule has 4 rings (SSSR count). The maximum atomic E-state index is 13.2. The topological polar surface area (TPSA) is 113 Å². The van der Waals surface area contributed by atoms with Gasteiger partial charge in [0.2, 0.25) is 10.0 Å². The highest BCUT2D eigenvalue weighted by Crippen LogP contribution is 2.54. The maximum absolute atomic E-state index is 13.2. The van der Waals surface area contributed by atoms with Crippen LogP contribution in [0.4, 0.5) is 17.1 Å². The standard InChI is InChI=1S/C23H29N3O5S2/c1-3-33(30,31)25-18-7-8-20(21(16-18)26-13-11-23(9-10-23)12-14-26)22(27)24-17-5-4-6-19(15-17)32(2,28)29/h4-8,15-16,25H,3,9-14H2,1-2H3,(H,24,27). The Balaban J connectivity index is 1.64. The molecule has 8 nitrogen and oxygen atoms in total. The molecule has 1 spiro atoms. The average Bonchev–Trinajstić information content (AvgIpc) is 3.52. The van der Waals surface area contributed by atoms with Gasteiger partial charge in [-0.15, -0.1) is 0 Å². The third kappa shape index (κ3) is 5.50. The molecular weight excluding hydrogens is 462 g/mol. The Morgan fingerprint density at radius 3 is 2.27 bits per heavy atom. The Morgan fingerprint density at radius 1 is 0.970 bits per heavy atom. The highest BCUT2D eigenvalue weighted by atomic mass is 32.2. The van der Waals surface area contributed by atoms with Gasteiger partial charge in [-0.25, -0.2) is 16.8 Å². The lowest BCUT2D eigenvalue weighted by molar-refractivity contribution is 0.102. The van der Waals surface area contributed by atoms with Gasteiger partial charge in [0.25, 0.3) is 5.91 Å². The van der Waals surface area contributed by atoms with Gasteiger partial charge in [0, 0.05) is 25.0 Å². The summed E-state index contributed by atoms with van der Waals surface area (Å²) in [6, 6.07) is 11.0. The van der Waals surface area contributed by atoms with Gasteiger partial charge >= 0.3 is 0 Å². The second kappa shape index (κ2) is 8.64. The van der Waals surface area contributed by atoms with Crippen molar-refractivity contribution in [1.82, 2.24) is 0 Å². The van der Waals surface area contributed by atoms with Gasteiger partial charge in [0.05, 0.1) is 27.6 Å². The summed E-state index contributed by atoms with van der Waals surface area (Å²) in [6.07, 6.45) is 5.72. The van der Waals surface area contributed by atoms with E-state index in [4.69, 9.17) is 0 Å². The molecule has 0 bridgehead atoms. The normalized spacial score (nSPS) is 17.6. The molecule has 2 N–H and O–H groups in total. The quantitative estimate of drug-likeness (QED) is 0.613. The lowest BCUT2D eigenvalue weighted by atomic mass is 9.93. The number of nitrogens with zero attached hydrogens (tertiary/aromatic N) is 1. The van der Waals surface area contributed by atoms with Gasteiger partial charge in [-0.05, 0) is 74.4 Å². The SMILES string of the molecule is CCS(=O)(=O)Nc1ccc(C(=O)Nc2cccc(S(C)(=O)=O)c2)c(N2CCC3(CC2)CC3)c1. The van der Waals surface area contributed by atoms with Crippen LogP contribution in [0.15, 0.2) is 47.4 Å². The zero-order valence-electron chi connectivity index (χ0n) is 18.8. The second-order valence-electron chi connectivity index (χ2n) is 8.98. The van der Waals surface area contributed by atoms with E-state index < -0.39 is 19.9 Å². The van der Waals surface area contributed by atoms with Crippen molar-refractivity contribution in [3.05, 3.63) is 48.0 Å². The highest BCUT2D eigenvalue weighted by Gasteiger charge is 2.44. The van der Waals surface area contributed by atoms with E-state index >= 15 is 0 Å². The summed E-state index contributed by atoms with van der Waals surface area (Å²) < 4.78 is 50.4. The van der Waals surface area contributed by atoms with Crippen molar-refractivity contribution in [3.8, 4) is 0 Å². The molecule has 1 aliphatic heterocycles. The smallest absolute Gasteiger partial charge is 0.257 e. The van der Waals surface area contributed by atoms with Crippen LogP contribution in [-0.4, -0.2) is 47.8 Å². The highest BCUT2D eigenvalue weighted by molar-refractivity contribution is 7.92. The van der Waals surface area contributed by atoms with Crippen molar-refractivity contribution in [2.24, 2.45) is 5.41 Å². The van der Waals surface area contributed by atoms with Crippen molar-refractivity contribution in [2.75, 3.05) is 40.0 Å². The Morgan fingerprint density at radius 2 is 1.67 bits per heavy atom. The number of hydrogen-bond acceptors (Lipinski definition) is 6. The molecule has 2 aliphatic rings. The van der Waals surface area contributed by atoms with Crippen LogP contribution < -0.4 is 14.9 Å². The number of nitrogens with one attached hydrogen (secondary N) is 2. The van der Waals surface area contributed by atoms with Crippen LogP contribution in [-0.2, 0) is 19.9 Å². The summed E-state index contributed by atoms with van der Waals surface area (Å²) in [5.74, 6) is -0.430. The van der Waals surface area contributed by atoms with Gasteiger partial charge in [-0.1, -0.05) is 6.07 Å². The molecule has 2 aromatic carbocycles. The number of sulfonamides is 1. The van der Waals surface area contributed by atoms with Gasteiger partial charge in [0.1, 0.15) is 0 Å². The fourth-order valence-electron chi connectivity index (χ4n) is 4.20. The maximum Gasteiger partial charge on any atom is 0.257 e. The van der Waals surface area contributed by atoms with E-state index in [1.807, 2.05) is 0 Å². The molecule has 2 fully saturated rings. The van der Waals surface area contributed by atoms with E-state index in [-0.39, 0.29) is 16.6 Å². The van der Waals surface area contributed by atoms with Crippen LogP contribution in [0.1, 0.15) is 43.0 Å². The van der Waals surface area contributed by atoms with Crippen molar-refractivity contribution in [3.63, 3.8) is 0 Å². The molecule has 0 unspecified atom stereocenters. The monoisotopic (exact) mass is 491 g/mol. The van der Waals surface area contributed by atoms with Crippen LogP contribution in [0.5, 0.6) is 0 Å². The number of rotatable bonds is 7. The van der Waals surface area contributed by atoms with Crippen LogP contribution in [0.2, 0.25) is 0 Å². The fraction of sp³-hybridized carbons (Fsp3) is 0.435. The Labute approximate surface area is 195 Å². The van der Waals surface area contributed by atoms with E-state index in [1.165, 1.54) is 25.0 Å². The zero-order chi connectivity index (χ0) is 23.9. The van der Waals surface area contributed by atoms with Gasteiger partial charge in [0.15, 0.2) is 9.84 Å². The van der Waals surface area contributed by atoms with Crippen LogP contribution in [0.3, 0.4) is 0 Å². The van der Waals surface area contributed by atoms with Crippen molar-refractivity contribution < 1.29 is 21.6 Å². The molecule has 178 valence electrons. The minimum absolute atomic E-state index is 0.0481. The first kappa shape index (κ1) is 23.6. The number of amides is 1. The lowest BCUT2D eigenvalue weighted by Crippen LogP contribution is -2.35. The number of hydrogen-bond donors (Lipinski definition) is 2. The molecule has 10 heteroatoms. The minimum Gasteiger partial charge on any atom is -0.371 e. The molecule has 0 aromatic heterocycles. The third-order valence-corrected chi connectivity index (χ3v) is 8.95. The number of carbonyl (C=O) groups excluding carboxylic acids is 1. The first-order valence-electron chi connectivity index (χ1n) is 11.0. The van der Waals surface area contributed by atoms with E-state index in [1.54, 1.807) is 37.3 Å². The minimum atomic E-state index is -3.45. The molecule has 1 amide bonds. The van der Waals surface area contributed by atoms with Crippen LogP contribution >= 0.6 is 0 Å². The van der Waals surface area contributed by atoms with E-state index in [9.17, 15) is 21.6 Å².